The van der Waals surface area contributed by atoms with Crippen LogP contribution in [0.15, 0.2) is 24.3 Å². The average molecular weight is 342 g/mol. The van der Waals surface area contributed by atoms with E-state index in [4.69, 9.17) is 23.2 Å². The van der Waals surface area contributed by atoms with Gasteiger partial charge in [-0.1, -0.05) is 18.5 Å². The molecule has 0 aliphatic carbocycles. The molecule has 21 heavy (non-hydrogen) atoms. The summed E-state index contributed by atoms with van der Waals surface area (Å²) in [6.45, 7) is 2.07. The number of hydrogen-bond donors (Lipinski definition) is 1. The maximum Gasteiger partial charge on any atom is 0.225 e. The Morgan fingerprint density at radius 1 is 1.24 bits per heavy atom. The van der Waals surface area contributed by atoms with Crippen LogP contribution in [-0.4, -0.2) is 9.97 Å². The summed E-state index contributed by atoms with van der Waals surface area (Å²) in [6, 6.07) is 6.51. The molecular weight excluding hydrogens is 332 g/mol. The van der Waals surface area contributed by atoms with Crippen LogP contribution in [0, 0.1) is 5.82 Å². The zero-order valence-corrected chi connectivity index (χ0v) is 13.3. The molecule has 3 nitrogen and oxygen atoms in total. The predicted molar refractivity (Wildman–Crippen MR) is 86.5 cm³/mol. The Labute approximate surface area is 134 Å². The number of aromatic nitrogens is 2. The van der Waals surface area contributed by atoms with Crippen molar-refractivity contribution in [3.8, 4) is 0 Å². The van der Waals surface area contributed by atoms with Crippen LogP contribution < -0.4 is 5.32 Å². The lowest BCUT2D eigenvalue weighted by Gasteiger charge is -2.07. The lowest BCUT2D eigenvalue weighted by atomic mass is 10.2. The highest BCUT2D eigenvalue weighted by Gasteiger charge is 2.11. The Balaban J connectivity index is 2.06. The minimum atomic E-state index is -0.488. The molecule has 2 heterocycles. The monoisotopic (exact) mass is 341 g/mol. The highest BCUT2D eigenvalue weighted by molar-refractivity contribution is 7.18. The third kappa shape index (κ3) is 2.95. The number of rotatable bonds is 3. The van der Waals surface area contributed by atoms with Crippen molar-refractivity contribution in [3.63, 3.8) is 0 Å². The zero-order valence-electron chi connectivity index (χ0n) is 11.0. The van der Waals surface area contributed by atoms with E-state index in [0.29, 0.717) is 11.5 Å². The minimum Gasteiger partial charge on any atom is -0.339 e. The summed E-state index contributed by atoms with van der Waals surface area (Å²) in [6.07, 6.45) is 0.910. The first kappa shape index (κ1) is 14.5. The van der Waals surface area contributed by atoms with Crippen LogP contribution in [0.2, 0.25) is 10.3 Å². The van der Waals surface area contributed by atoms with Crippen molar-refractivity contribution >= 4 is 56.3 Å². The lowest BCUT2D eigenvalue weighted by molar-refractivity contribution is 0.629. The summed E-state index contributed by atoms with van der Waals surface area (Å²) in [5.74, 6) is 0.0697. The molecule has 1 N–H and O–H groups in total. The number of fused-ring (bicyclic) bond motifs is 1. The van der Waals surface area contributed by atoms with Crippen LogP contribution in [0.1, 0.15) is 11.8 Å². The van der Waals surface area contributed by atoms with E-state index in [1.165, 1.54) is 17.0 Å². The number of halogens is 3. The predicted octanol–water partition coefficient (Wildman–Crippen LogP) is 5.44. The van der Waals surface area contributed by atoms with Gasteiger partial charge < -0.3 is 5.32 Å². The molecule has 7 heteroatoms. The topological polar surface area (TPSA) is 37.8 Å². The van der Waals surface area contributed by atoms with Crippen molar-refractivity contribution in [1.82, 2.24) is 9.97 Å². The molecule has 0 aliphatic rings. The number of nitrogens with one attached hydrogen (secondary N) is 1. The second-order valence-electron chi connectivity index (χ2n) is 4.38. The summed E-state index contributed by atoms with van der Waals surface area (Å²) in [5.41, 5.74) is 0.553. The van der Waals surface area contributed by atoms with Gasteiger partial charge in [0.2, 0.25) is 5.28 Å². The highest BCUT2D eigenvalue weighted by atomic mass is 35.5. The fraction of sp³-hybridized carbons (Fsp3) is 0.143. The molecule has 0 unspecified atom stereocenters. The Morgan fingerprint density at radius 3 is 2.76 bits per heavy atom. The van der Waals surface area contributed by atoms with Gasteiger partial charge in [-0.15, -0.1) is 11.3 Å². The molecule has 0 saturated heterocycles. The van der Waals surface area contributed by atoms with Gasteiger partial charge in [0.1, 0.15) is 16.5 Å². The first-order chi connectivity index (χ1) is 10.1. The molecule has 0 atom stereocenters. The number of aryl methyl sites for hydroxylation is 1. The first-order valence-corrected chi connectivity index (χ1v) is 7.82. The number of thiophene rings is 1. The Hall–Kier alpha value is -1.43. The summed E-state index contributed by atoms with van der Waals surface area (Å²) < 4.78 is 13.5. The van der Waals surface area contributed by atoms with E-state index in [9.17, 15) is 4.39 Å². The van der Waals surface area contributed by atoms with Gasteiger partial charge in [-0.3, -0.25) is 0 Å². The molecule has 0 spiro atoms. The van der Waals surface area contributed by atoms with Crippen molar-refractivity contribution in [2.24, 2.45) is 0 Å². The molecular formula is C14H10Cl2FN3S. The molecule has 3 aromatic rings. The first-order valence-electron chi connectivity index (χ1n) is 6.25. The quantitative estimate of drug-likeness (QED) is 0.644. The summed E-state index contributed by atoms with van der Waals surface area (Å²) >= 11 is 13.2. The normalized spacial score (nSPS) is 11.0. The van der Waals surface area contributed by atoms with Crippen LogP contribution in [-0.2, 0) is 6.42 Å². The largest absolute Gasteiger partial charge is 0.339 e. The second-order valence-corrected chi connectivity index (χ2v) is 6.24. The van der Waals surface area contributed by atoms with E-state index in [-0.39, 0.29) is 10.3 Å². The lowest BCUT2D eigenvalue weighted by Crippen LogP contribution is -1.96. The summed E-state index contributed by atoms with van der Waals surface area (Å²) in [7, 11) is 0. The van der Waals surface area contributed by atoms with Gasteiger partial charge in [-0.2, -0.15) is 4.98 Å². The van der Waals surface area contributed by atoms with Gasteiger partial charge in [-0.05, 0) is 42.3 Å². The molecule has 3 rings (SSSR count). The van der Waals surface area contributed by atoms with Gasteiger partial charge in [0.05, 0.1) is 10.4 Å². The molecule has 0 saturated carbocycles. The number of anilines is 2. The van der Waals surface area contributed by atoms with E-state index < -0.39 is 5.82 Å². The number of hydrogen-bond acceptors (Lipinski definition) is 4. The summed E-state index contributed by atoms with van der Waals surface area (Å²) in [4.78, 5) is 10.4. The van der Waals surface area contributed by atoms with Crippen molar-refractivity contribution in [2.45, 2.75) is 13.3 Å². The van der Waals surface area contributed by atoms with Crippen LogP contribution in [0.25, 0.3) is 10.2 Å². The van der Waals surface area contributed by atoms with Crippen molar-refractivity contribution < 1.29 is 4.39 Å². The van der Waals surface area contributed by atoms with Crippen molar-refractivity contribution in [1.29, 1.82) is 0 Å². The molecule has 0 amide bonds. The minimum absolute atomic E-state index is 0.0789. The summed E-state index contributed by atoms with van der Waals surface area (Å²) in [5, 5.41) is 4.17. The van der Waals surface area contributed by atoms with Crippen LogP contribution in [0.4, 0.5) is 15.9 Å². The van der Waals surface area contributed by atoms with Crippen LogP contribution >= 0.6 is 34.5 Å². The van der Waals surface area contributed by atoms with Crippen LogP contribution in [0.5, 0.6) is 0 Å². The van der Waals surface area contributed by atoms with E-state index in [0.717, 1.165) is 16.6 Å². The SMILES string of the molecule is CCc1cc2c(Nc3ccc(Cl)c(F)c3)nc(Cl)nc2s1. The number of benzene rings is 1. The van der Waals surface area contributed by atoms with Gasteiger partial charge in [0, 0.05) is 10.6 Å². The van der Waals surface area contributed by atoms with E-state index in [1.54, 1.807) is 17.4 Å². The molecule has 0 aliphatic heterocycles. The number of nitrogens with zero attached hydrogens (tertiary/aromatic N) is 2. The Morgan fingerprint density at radius 2 is 2.05 bits per heavy atom. The maximum absolute atomic E-state index is 13.5. The molecule has 1 aromatic carbocycles. The highest BCUT2D eigenvalue weighted by Crippen LogP contribution is 2.32. The average Bonchev–Trinajstić information content (AvgIpc) is 2.86. The maximum atomic E-state index is 13.5. The van der Waals surface area contributed by atoms with Crippen molar-refractivity contribution in [2.75, 3.05) is 5.32 Å². The Kier molecular flexibility index (Phi) is 3.97. The van der Waals surface area contributed by atoms with E-state index in [1.807, 2.05) is 6.07 Å². The van der Waals surface area contributed by atoms with Gasteiger partial charge in [-0.25, -0.2) is 9.37 Å². The van der Waals surface area contributed by atoms with E-state index >= 15 is 0 Å². The van der Waals surface area contributed by atoms with Crippen molar-refractivity contribution in [3.05, 3.63) is 45.3 Å². The molecule has 2 aromatic heterocycles. The second kappa shape index (κ2) is 5.75. The molecule has 0 fully saturated rings. The molecule has 0 radical (unpaired) electrons. The standard InChI is InChI=1S/C14H10Cl2FN3S/c1-2-8-6-9-12(19-14(16)20-13(9)21-8)18-7-3-4-10(15)11(17)5-7/h3-6H,2H2,1H3,(H,18,19,20). The van der Waals surface area contributed by atoms with E-state index in [2.05, 4.69) is 22.2 Å². The third-order valence-electron chi connectivity index (χ3n) is 2.95. The van der Waals surface area contributed by atoms with Gasteiger partial charge in [0.25, 0.3) is 0 Å². The van der Waals surface area contributed by atoms with Gasteiger partial charge in [0.15, 0.2) is 0 Å². The molecule has 108 valence electrons. The Bertz CT molecular complexity index is 819. The fourth-order valence-electron chi connectivity index (χ4n) is 1.93. The third-order valence-corrected chi connectivity index (χ3v) is 4.60. The molecule has 0 bridgehead atoms. The smallest absolute Gasteiger partial charge is 0.225 e. The zero-order chi connectivity index (χ0) is 15.0. The van der Waals surface area contributed by atoms with Gasteiger partial charge >= 0.3 is 0 Å². The fourth-order valence-corrected chi connectivity index (χ4v) is 3.23. The van der Waals surface area contributed by atoms with Crippen LogP contribution in [0.3, 0.4) is 0 Å².